The van der Waals surface area contributed by atoms with Crippen molar-refractivity contribution in [2.45, 2.75) is 20.3 Å². The lowest BCUT2D eigenvalue weighted by Gasteiger charge is -2.18. The molecule has 1 N–H and O–H groups in total. The summed E-state index contributed by atoms with van der Waals surface area (Å²) in [5, 5.41) is 14.0. The molecule has 2 amide bonds. The number of nitrogens with zero attached hydrogens (tertiary/aromatic N) is 2. The number of nitro groups is 1. The maximum Gasteiger partial charge on any atom is 0.285 e. The van der Waals surface area contributed by atoms with Gasteiger partial charge in [0.25, 0.3) is 11.6 Å². The molecule has 7 heteroatoms. The number of carbonyl (C=O) groups excluding carboxylic acids is 2. The molecule has 0 bridgehead atoms. The highest BCUT2D eigenvalue weighted by molar-refractivity contribution is 6.02. The zero-order valence-corrected chi connectivity index (χ0v) is 15.0. The lowest BCUT2D eigenvalue weighted by molar-refractivity contribution is -0.385. The predicted octanol–water partition coefficient (Wildman–Crippen LogP) is 3.18. The molecule has 136 valence electrons. The Bertz CT molecular complexity index is 848. The van der Waals surface area contributed by atoms with Crippen LogP contribution in [0.15, 0.2) is 42.5 Å². The molecule has 0 spiro atoms. The van der Waals surface area contributed by atoms with E-state index in [0.29, 0.717) is 11.3 Å². The normalized spacial score (nSPS) is 10.3. The largest absolute Gasteiger partial charge is 0.332 e. The summed E-state index contributed by atoms with van der Waals surface area (Å²) >= 11 is 0. The standard InChI is InChI=1S/C19H21N3O4/c1-4-14-9-5-6-11-16(14)20-17(23)12-21(3)19(24)15-10-7-8-13(2)18(15)22(25)26/h5-11H,4,12H2,1-3H3,(H,20,23). The van der Waals surface area contributed by atoms with Crippen molar-refractivity contribution in [3.63, 3.8) is 0 Å². The van der Waals surface area contributed by atoms with Crippen LogP contribution in [0.25, 0.3) is 0 Å². The maximum absolute atomic E-state index is 12.6. The molecule has 0 aromatic heterocycles. The second-order valence-corrected chi connectivity index (χ2v) is 5.95. The number of carbonyl (C=O) groups is 2. The van der Waals surface area contributed by atoms with E-state index in [-0.39, 0.29) is 23.7 Å². The number of nitro benzene ring substituents is 1. The number of nitrogens with one attached hydrogen (secondary N) is 1. The minimum Gasteiger partial charge on any atom is -0.332 e. The van der Waals surface area contributed by atoms with Gasteiger partial charge in [-0.05, 0) is 31.0 Å². The van der Waals surface area contributed by atoms with Gasteiger partial charge in [-0.15, -0.1) is 0 Å². The maximum atomic E-state index is 12.6. The summed E-state index contributed by atoms with van der Waals surface area (Å²) < 4.78 is 0. The molecule has 0 fully saturated rings. The third kappa shape index (κ3) is 4.24. The quantitative estimate of drug-likeness (QED) is 0.636. The van der Waals surface area contributed by atoms with Gasteiger partial charge in [0.15, 0.2) is 0 Å². The molecule has 0 saturated heterocycles. The third-order valence-corrected chi connectivity index (χ3v) is 4.05. The molecule has 0 aliphatic heterocycles. The lowest BCUT2D eigenvalue weighted by Crippen LogP contribution is -2.35. The monoisotopic (exact) mass is 355 g/mol. The summed E-state index contributed by atoms with van der Waals surface area (Å²) in [4.78, 5) is 36.7. The van der Waals surface area contributed by atoms with Crippen molar-refractivity contribution < 1.29 is 14.5 Å². The van der Waals surface area contributed by atoms with Crippen molar-refractivity contribution in [1.29, 1.82) is 0 Å². The number of likely N-dealkylation sites (N-methyl/N-ethyl adjacent to an activating group) is 1. The molecule has 26 heavy (non-hydrogen) atoms. The van der Waals surface area contributed by atoms with E-state index in [2.05, 4.69) is 5.32 Å². The summed E-state index contributed by atoms with van der Waals surface area (Å²) in [7, 11) is 1.44. The second kappa shape index (κ2) is 8.24. The Morgan fingerprint density at radius 1 is 1.15 bits per heavy atom. The summed E-state index contributed by atoms with van der Waals surface area (Å²) in [6.45, 7) is 3.35. The summed E-state index contributed by atoms with van der Waals surface area (Å²) in [5.74, 6) is -0.934. The fraction of sp³-hybridized carbons (Fsp3) is 0.263. The average Bonchev–Trinajstić information content (AvgIpc) is 2.60. The fourth-order valence-corrected chi connectivity index (χ4v) is 2.71. The Morgan fingerprint density at radius 3 is 2.50 bits per heavy atom. The Hall–Kier alpha value is -3.22. The van der Waals surface area contributed by atoms with Gasteiger partial charge in [-0.2, -0.15) is 0 Å². The Morgan fingerprint density at radius 2 is 1.85 bits per heavy atom. The number of anilines is 1. The van der Waals surface area contributed by atoms with E-state index in [4.69, 9.17) is 0 Å². The average molecular weight is 355 g/mol. The van der Waals surface area contributed by atoms with Crippen LogP contribution in [0, 0.1) is 17.0 Å². The Labute approximate surface area is 151 Å². The Balaban J connectivity index is 2.14. The van der Waals surface area contributed by atoms with Crippen LogP contribution in [-0.4, -0.2) is 35.2 Å². The van der Waals surface area contributed by atoms with Gasteiger partial charge in [0, 0.05) is 18.3 Å². The number of amides is 2. The first-order valence-corrected chi connectivity index (χ1v) is 8.22. The highest BCUT2D eigenvalue weighted by Crippen LogP contribution is 2.24. The van der Waals surface area contributed by atoms with Crippen molar-refractivity contribution in [3.8, 4) is 0 Å². The molecule has 7 nitrogen and oxygen atoms in total. The van der Waals surface area contributed by atoms with E-state index in [9.17, 15) is 19.7 Å². The van der Waals surface area contributed by atoms with E-state index >= 15 is 0 Å². The second-order valence-electron chi connectivity index (χ2n) is 5.95. The van der Waals surface area contributed by atoms with Crippen molar-refractivity contribution in [2.75, 3.05) is 18.9 Å². The van der Waals surface area contributed by atoms with Gasteiger partial charge < -0.3 is 10.2 Å². The molecule has 0 atom stereocenters. The topological polar surface area (TPSA) is 92.6 Å². The molecule has 2 aromatic rings. The van der Waals surface area contributed by atoms with Crippen LogP contribution in [-0.2, 0) is 11.2 Å². The molecule has 2 rings (SSSR count). The van der Waals surface area contributed by atoms with E-state index in [1.54, 1.807) is 25.1 Å². The molecule has 2 aromatic carbocycles. The highest BCUT2D eigenvalue weighted by atomic mass is 16.6. The fourth-order valence-electron chi connectivity index (χ4n) is 2.71. The van der Waals surface area contributed by atoms with Crippen LogP contribution in [0.3, 0.4) is 0 Å². The molecular formula is C19H21N3O4. The number of hydrogen-bond acceptors (Lipinski definition) is 4. The summed E-state index contributed by atoms with van der Waals surface area (Å²) in [5.41, 5.74) is 1.82. The van der Waals surface area contributed by atoms with Crippen molar-refractivity contribution in [3.05, 3.63) is 69.3 Å². The molecule has 0 unspecified atom stereocenters. The van der Waals surface area contributed by atoms with Gasteiger partial charge in [0.05, 0.1) is 11.5 Å². The van der Waals surface area contributed by atoms with E-state index in [1.807, 2.05) is 25.1 Å². The van der Waals surface area contributed by atoms with Crippen molar-refractivity contribution in [2.24, 2.45) is 0 Å². The first-order chi connectivity index (χ1) is 12.3. The van der Waals surface area contributed by atoms with Gasteiger partial charge in [0.2, 0.25) is 5.91 Å². The van der Waals surface area contributed by atoms with Gasteiger partial charge >= 0.3 is 0 Å². The van der Waals surface area contributed by atoms with Gasteiger partial charge in [-0.3, -0.25) is 19.7 Å². The van der Waals surface area contributed by atoms with E-state index in [0.717, 1.165) is 12.0 Å². The zero-order chi connectivity index (χ0) is 19.3. The predicted molar refractivity (Wildman–Crippen MR) is 99.2 cm³/mol. The van der Waals surface area contributed by atoms with Crippen LogP contribution in [0.5, 0.6) is 0 Å². The highest BCUT2D eigenvalue weighted by Gasteiger charge is 2.25. The number of benzene rings is 2. The minimum absolute atomic E-state index is 0.0285. The van der Waals surface area contributed by atoms with E-state index in [1.165, 1.54) is 18.0 Å². The number of hydrogen-bond donors (Lipinski definition) is 1. The van der Waals surface area contributed by atoms with Crippen LogP contribution >= 0.6 is 0 Å². The van der Waals surface area contributed by atoms with Gasteiger partial charge in [0.1, 0.15) is 5.56 Å². The first kappa shape index (κ1) is 19.1. The van der Waals surface area contributed by atoms with Crippen LogP contribution in [0.1, 0.15) is 28.4 Å². The van der Waals surface area contributed by atoms with Crippen LogP contribution in [0.2, 0.25) is 0 Å². The summed E-state index contributed by atoms with van der Waals surface area (Å²) in [6, 6.07) is 12.0. The first-order valence-electron chi connectivity index (χ1n) is 8.22. The lowest BCUT2D eigenvalue weighted by atomic mass is 10.1. The zero-order valence-electron chi connectivity index (χ0n) is 15.0. The van der Waals surface area contributed by atoms with Crippen LogP contribution in [0.4, 0.5) is 11.4 Å². The SMILES string of the molecule is CCc1ccccc1NC(=O)CN(C)C(=O)c1cccc(C)c1[N+](=O)[O-]. The molecule has 0 radical (unpaired) electrons. The van der Waals surface area contributed by atoms with Crippen molar-refractivity contribution >= 4 is 23.2 Å². The number of rotatable bonds is 6. The minimum atomic E-state index is -0.575. The number of para-hydroxylation sites is 2. The molecular weight excluding hydrogens is 334 g/mol. The molecule has 0 saturated carbocycles. The molecule has 0 aliphatic carbocycles. The number of aryl methyl sites for hydroxylation is 2. The third-order valence-electron chi connectivity index (χ3n) is 4.05. The van der Waals surface area contributed by atoms with Crippen LogP contribution < -0.4 is 5.32 Å². The molecule has 0 aliphatic rings. The Kier molecular flexibility index (Phi) is 6.06. The smallest absolute Gasteiger partial charge is 0.285 e. The molecule has 0 heterocycles. The van der Waals surface area contributed by atoms with Crippen molar-refractivity contribution in [1.82, 2.24) is 4.90 Å². The van der Waals surface area contributed by atoms with Gasteiger partial charge in [-0.25, -0.2) is 0 Å². The van der Waals surface area contributed by atoms with Gasteiger partial charge in [-0.1, -0.05) is 37.3 Å². The summed E-state index contributed by atoms with van der Waals surface area (Å²) in [6.07, 6.45) is 0.765. The van der Waals surface area contributed by atoms with E-state index < -0.39 is 10.8 Å².